The van der Waals surface area contributed by atoms with Crippen LogP contribution in [0.2, 0.25) is 5.02 Å². The van der Waals surface area contributed by atoms with Crippen LogP contribution in [0, 0.1) is 0 Å². The molecule has 2 N–H and O–H groups in total. The van der Waals surface area contributed by atoms with Crippen LogP contribution in [0.1, 0.15) is 18.9 Å². The fraction of sp³-hybridized carbons (Fsp3) is 0.429. The summed E-state index contributed by atoms with van der Waals surface area (Å²) < 4.78 is 6.00. The second-order valence-electron chi connectivity index (χ2n) is 7.16. The third kappa shape index (κ3) is 5.45. The molecule has 0 spiro atoms. The van der Waals surface area contributed by atoms with E-state index in [1.807, 2.05) is 24.3 Å². The van der Waals surface area contributed by atoms with E-state index in [-0.39, 0.29) is 30.1 Å². The highest BCUT2D eigenvalue weighted by atomic mass is 127. The fourth-order valence-corrected chi connectivity index (χ4v) is 3.98. The third-order valence-electron chi connectivity index (χ3n) is 5.08. The van der Waals surface area contributed by atoms with E-state index in [1.54, 1.807) is 6.20 Å². The predicted octanol–water partition coefficient (Wildman–Crippen LogP) is 3.49. The number of anilines is 1. The molecule has 29 heavy (non-hydrogen) atoms. The largest absolute Gasteiger partial charge is 0.488 e. The van der Waals surface area contributed by atoms with Crippen molar-refractivity contribution >= 4 is 47.4 Å². The molecule has 2 atom stereocenters. The number of hydrogen-bond donors (Lipinski definition) is 2. The van der Waals surface area contributed by atoms with Gasteiger partial charge < -0.3 is 20.3 Å². The average Bonchev–Trinajstić information content (AvgIpc) is 3.33. The number of rotatable bonds is 5. The van der Waals surface area contributed by atoms with Crippen LogP contribution in [-0.4, -0.2) is 49.3 Å². The first kappa shape index (κ1) is 22.0. The molecule has 156 valence electrons. The van der Waals surface area contributed by atoms with Crippen LogP contribution in [0.4, 0.5) is 5.82 Å². The molecule has 1 aromatic heterocycles. The quantitative estimate of drug-likeness (QED) is 0.354. The third-order valence-corrected chi connectivity index (χ3v) is 5.37. The molecule has 0 radical (unpaired) electrons. The molecule has 0 aliphatic carbocycles. The second-order valence-corrected chi connectivity index (χ2v) is 7.56. The van der Waals surface area contributed by atoms with E-state index < -0.39 is 0 Å². The van der Waals surface area contributed by atoms with Crippen LogP contribution in [0.25, 0.3) is 0 Å². The van der Waals surface area contributed by atoms with Crippen LogP contribution in [-0.2, 0) is 6.42 Å². The van der Waals surface area contributed by atoms with Gasteiger partial charge in [0, 0.05) is 38.3 Å². The zero-order valence-corrected chi connectivity index (χ0v) is 19.6. The minimum Gasteiger partial charge on any atom is -0.488 e. The van der Waals surface area contributed by atoms with E-state index in [1.165, 1.54) is 5.56 Å². The molecule has 3 heterocycles. The van der Waals surface area contributed by atoms with Crippen LogP contribution in [0.3, 0.4) is 0 Å². The maximum absolute atomic E-state index is 6.29. The molecule has 2 aromatic rings. The first-order chi connectivity index (χ1) is 13.7. The zero-order chi connectivity index (χ0) is 19.3. The average molecular weight is 528 g/mol. The molecule has 1 saturated heterocycles. The van der Waals surface area contributed by atoms with E-state index in [2.05, 4.69) is 39.6 Å². The summed E-state index contributed by atoms with van der Waals surface area (Å²) in [6.07, 6.45) is 3.81. The van der Waals surface area contributed by atoms with Crippen LogP contribution >= 0.6 is 35.6 Å². The maximum atomic E-state index is 6.29. The van der Waals surface area contributed by atoms with Crippen molar-refractivity contribution in [2.24, 2.45) is 4.99 Å². The molecule has 0 saturated carbocycles. The lowest BCUT2D eigenvalue weighted by Gasteiger charge is -2.20. The number of nitrogens with one attached hydrogen (secondary N) is 2. The Labute approximate surface area is 194 Å². The van der Waals surface area contributed by atoms with Crippen molar-refractivity contribution in [2.45, 2.75) is 31.9 Å². The van der Waals surface area contributed by atoms with Gasteiger partial charge in [-0.1, -0.05) is 29.8 Å². The summed E-state index contributed by atoms with van der Waals surface area (Å²) in [6.45, 7) is 5.31. The Morgan fingerprint density at radius 2 is 2.17 bits per heavy atom. The van der Waals surface area contributed by atoms with Crippen molar-refractivity contribution in [3.63, 3.8) is 0 Å². The molecule has 1 aromatic carbocycles. The van der Waals surface area contributed by atoms with Gasteiger partial charge in [-0.3, -0.25) is 0 Å². The summed E-state index contributed by atoms with van der Waals surface area (Å²) in [5, 5.41) is 7.59. The summed E-state index contributed by atoms with van der Waals surface area (Å²) in [7, 11) is 0. The topological polar surface area (TPSA) is 61.8 Å². The summed E-state index contributed by atoms with van der Waals surface area (Å²) in [6, 6.07) is 12.3. The fourth-order valence-electron chi connectivity index (χ4n) is 3.74. The molecule has 2 aliphatic rings. The molecule has 8 heteroatoms. The summed E-state index contributed by atoms with van der Waals surface area (Å²) >= 11 is 6.29. The Hall–Kier alpha value is -1.74. The Morgan fingerprint density at radius 1 is 1.31 bits per heavy atom. The number of fused-ring (bicyclic) bond motifs is 1. The molecule has 6 nitrogen and oxygen atoms in total. The van der Waals surface area contributed by atoms with E-state index in [0.717, 1.165) is 50.0 Å². The molecule has 0 bridgehead atoms. The SMILES string of the molecule is CCNC(=NCC1Cc2ccccc2O1)NC1CCN(c2ncccc2Cl)C1.I. The van der Waals surface area contributed by atoms with Crippen molar-refractivity contribution in [2.75, 3.05) is 31.1 Å². The predicted molar refractivity (Wildman–Crippen MR) is 129 cm³/mol. The van der Waals surface area contributed by atoms with Crippen molar-refractivity contribution < 1.29 is 4.74 Å². The second kappa shape index (κ2) is 10.3. The molecule has 0 amide bonds. The number of nitrogens with zero attached hydrogens (tertiary/aromatic N) is 3. The Morgan fingerprint density at radius 3 is 2.97 bits per heavy atom. The highest BCUT2D eigenvalue weighted by Crippen LogP contribution is 2.28. The van der Waals surface area contributed by atoms with Crippen LogP contribution in [0.15, 0.2) is 47.6 Å². The van der Waals surface area contributed by atoms with Gasteiger partial charge in [0.1, 0.15) is 17.7 Å². The number of aromatic nitrogens is 1. The number of pyridine rings is 1. The number of guanidine groups is 1. The molecular weight excluding hydrogens is 501 g/mol. The molecule has 2 unspecified atom stereocenters. The van der Waals surface area contributed by atoms with Crippen molar-refractivity contribution in [1.29, 1.82) is 0 Å². The lowest BCUT2D eigenvalue weighted by atomic mass is 10.1. The number of aliphatic imine (C=N–C) groups is 1. The van der Waals surface area contributed by atoms with Gasteiger partial charge in [0.05, 0.1) is 11.6 Å². The van der Waals surface area contributed by atoms with Crippen molar-refractivity contribution in [3.8, 4) is 5.75 Å². The summed E-state index contributed by atoms with van der Waals surface area (Å²) in [4.78, 5) is 11.4. The number of benzene rings is 1. The van der Waals surface area contributed by atoms with Gasteiger partial charge >= 0.3 is 0 Å². The Kier molecular flexibility index (Phi) is 7.83. The van der Waals surface area contributed by atoms with Gasteiger partial charge in [-0.2, -0.15) is 0 Å². The van der Waals surface area contributed by atoms with E-state index in [4.69, 9.17) is 21.3 Å². The van der Waals surface area contributed by atoms with Crippen LogP contribution < -0.4 is 20.3 Å². The normalized spacial score (nSPS) is 20.6. The summed E-state index contributed by atoms with van der Waals surface area (Å²) in [5.74, 6) is 2.67. The van der Waals surface area contributed by atoms with Gasteiger partial charge in [-0.25, -0.2) is 9.98 Å². The zero-order valence-electron chi connectivity index (χ0n) is 16.5. The van der Waals surface area contributed by atoms with Gasteiger partial charge in [-0.05, 0) is 37.1 Å². The standard InChI is InChI=1S/C21H26ClN5O.HI/c1-2-23-21(25-13-17-12-15-6-3-4-8-19(15)28-17)26-16-9-11-27(14-16)20-18(22)7-5-10-24-20;/h3-8,10,16-17H,2,9,11-14H2,1H3,(H2,23,25,26);1H. The first-order valence-electron chi connectivity index (χ1n) is 9.88. The first-order valence-corrected chi connectivity index (χ1v) is 10.3. The van der Waals surface area contributed by atoms with E-state index in [0.29, 0.717) is 17.6 Å². The smallest absolute Gasteiger partial charge is 0.191 e. The van der Waals surface area contributed by atoms with E-state index in [9.17, 15) is 0 Å². The molecule has 1 fully saturated rings. The van der Waals surface area contributed by atoms with Gasteiger partial charge in [0.15, 0.2) is 5.96 Å². The number of hydrogen-bond acceptors (Lipinski definition) is 4. The van der Waals surface area contributed by atoms with Gasteiger partial charge in [0.2, 0.25) is 0 Å². The minimum atomic E-state index is 0. The van der Waals surface area contributed by atoms with Crippen molar-refractivity contribution in [3.05, 3.63) is 53.2 Å². The van der Waals surface area contributed by atoms with Crippen LogP contribution in [0.5, 0.6) is 5.75 Å². The maximum Gasteiger partial charge on any atom is 0.191 e. The molecular formula is C21H27ClIN5O. The van der Waals surface area contributed by atoms with Gasteiger partial charge in [0.25, 0.3) is 0 Å². The summed E-state index contributed by atoms with van der Waals surface area (Å²) in [5.41, 5.74) is 1.26. The van der Waals surface area contributed by atoms with E-state index >= 15 is 0 Å². The monoisotopic (exact) mass is 527 g/mol. The molecule has 2 aliphatic heterocycles. The minimum absolute atomic E-state index is 0. The number of halogens is 2. The highest BCUT2D eigenvalue weighted by molar-refractivity contribution is 14.0. The number of para-hydroxylation sites is 1. The van der Waals surface area contributed by atoms with Crippen molar-refractivity contribution in [1.82, 2.24) is 15.6 Å². The Balaban J connectivity index is 0.00000240. The highest BCUT2D eigenvalue weighted by Gasteiger charge is 2.26. The molecule has 4 rings (SSSR count). The Bertz CT molecular complexity index is 824. The lowest BCUT2D eigenvalue weighted by molar-refractivity contribution is 0.241. The number of ether oxygens (including phenoxy) is 1. The lowest BCUT2D eigenvalue weighted by Crippen LogP contribution is -2.45. The van der Waals surface area contributed by atoms with Gasteiger partial charge in [-0.15, -0.1) is 24.0 Å².